The van der Waals surface area contributed by atoms with Crippen molar-refractivity contribution in [1.82, 2.24) is 9.21 Å². The van der Waals surface area contributed by atoms with Crippen molar-refractivity contribution in [2.24, 2.45) is 0 Å². The number of sulfonamides is 1. The summed E-state index contributed by atoms with van der Waals surface area (Å²) >= 11 is 0. The number of hydrogen-bond donors (Lipinski definition) is 0. The number of nitrogens with zero attached hydrogens (tertiary/aromatic N) is 2. The lowest BCUT2D eigenvalue weighted by molar-refractivity contribution is 0.0696. The molecule has 0 aliphatic carbocycles. The normalized spacial score (nSPS) is 15.7. The molecule has 0 bridgehead atoms. The Kier molecular flexibility index (Phi) is 5.44. The summed E-state index contributed by atoms with van der Waals surface area (Å²) < 4.78 is 79.8. The standard InChI is InChI=1S/C18H16F4N2O3S/c1-11-2-3-12(19)10-13(11)18(25)23-6-8-24(9-7-23)28(26,27)15-5-4-14(20)16(21)17(15)22/h2-5,10H,6-9H2,1H3. The van der Waals surface area contributed by atoms with E-state index < -0.39 is 44.1 Å². The van der Waals surface area contributed by atoms with E-state index in [1.54, 1.807) is 6.92 Å². The zero-order valence-electron chi connectivity index (χ0n) is 14.8. The number of piperazine rings is 1. The van der Waals surface area contributed by atoms with Gasteiger partial charge in [-0.1, -0.05) is 6.07 Å². The highest BCUT2D eigenvalue weighted by atomic mass is 32.2. The Labute approximate surface area is 159 Å². The molecule has 0 aromatic heterocycles. The van der Waals surface area contributed by atoms with Gasteiger partial charge in [0.1, 0.15) is 10.7 Å². The van der Waals surface area contributed by atoms with Crippen molar-refractivity contribution >= 4 is 15.9 Å². The quantitative estimate of drug-likeness (QED) is 0.571. The molecular weight excluding hydrogens is 400 g/mol. The maximum atomic E-state index is 13.9. The maximum absolute atomic E-state index is 13.9. The predicted molar refractivity (Wildman–Crippen MR) is 92.1 cm³/mol. The van der Waals surface area contributed by atoms with Crippen molar-refractivity contribution in [2.75, 3.05) is 26.2 Å². The zero-order chi connectivity index (χ0) is 20.6. The van der Waals surface area contributed by atoms with Gasteiger partial charge >= 0.3 is 0 Å². The lowest BCUT2D eigenvalue weighted by Gasteiger charge is -2.34. The van der Waals surface area contributed by atoms with Crippen LogP contribution in [0, 0.1) is 30.2 Å². The highest BCUT2D eigenvalue weighted by molar-refractivity contribution is 7.89. The third kappa shape index (κ3) is 3.61. The maximum Gasteiger partial charge on any atom is 0.254 e. The molecule has 1 saturated heterocycles. The van der Waals surface area contributed by atoms with E-state index in [4.69, 9.17) is 0 Å². The first kappa shape index (κ1) is 20.3. The summed E-state index contributed by atoms with van der Waals surface area (Å²) in [6.45, 7) is 1.29. The zero-order valence-corrected chi connectivity index (χ0v) is 15.6. The SMILES string of the molecule is Cc1ccc(F)cc1C(=O)N1CCN(S(=O)(=O)c2ccc(F)c(F)c2F)CC1. The molecule has 0 N–H and O–H groups in total. The molecule has 1 aliphatic rings. The fourth-order valence-electron chi connectivity index (χ4n) is 2.97. The van der Waals surface area contributed by atoms with Gasteiger partial charge in [0.2, 0.25) is 10.0 Å². The second kappa shape index (κ2) is 7.51. The third-order valence-electron chi connectivity index (χ3n) is 4.57. The van der Waals surface area contributed by atoms with E-state index in [-0.39, 0.29) is 31.7 Å². The minimum absolute atomic E-state index is 0.0146. The first-order valence-corrected chi connectivity index (χ1v) is 9.76. The summed E-state index contributed by atoms with van der Waals surface area (Å²) in [5, 5.41) is 0. The van der Waals surface area contributed by atoms with Crippen molar-refractivity contribution in [2.45, 2.75) is 11.8 Å². The van der Waals surface area contributed by atoms with Crippen LogP contribution in [-0.4, -0.2) is 49.7 Å². The molecule has 2 aromatic carbocycles. The number of rotatable bonds is 3. The van der Waals surface area contributed by atoms with Gasteiger partial charge in [0.15, 0.2) is 17.5 Å². The van der Waals surface area contributed by atoms with Crippen molar-refractivity contribution in [3.63, 3.8) is 0 Å². The Morgan fingerprint density at radius 2 is 1.57 bits per heavy atom. The molecular formula is C18H16F4N2O3S. The molecule has 1 fully saturated rings. The number of amides is 1. The van der Waals surface area contributed by atoms with E-state index in [0.29, 0.717) is 17.7 Å². The molecule has 0 spiro atoms. The number of benzene rings is 2. The lowest BCUT2D eigenvalue weighted by atomic mass is 10.1. The molecule has 1 aliphatic heterocycles. The van der Waals surface area contributed by atoms with Crippen molar-refractivity contribution < 1.29 is 30.8 Å². The molecule has 0 saturated carbocycles. The molecule has 3 rings (SSSR count). The van der Waals surface area contributed by atoms with Gasteiger partial charge in [-0.25, -0.2) is 26.0 Å². The van der Waals surface area contributed by atoms with Gasteiger partial charge in [0, 0.05) is 31.7 Å². The number of carbonyl (C=O) groups excluding carboxylic acids is 1. The lowest BCUT2D eigenvalue weighted by Crippen LogP contribution is -2.50. The van der Waals surface area contributed by atoms with E-state index in [0.717, 1.165) is 10.4 Å². The van der Waals surface area contributed by atoms with Gasteiger partial charge in [0.05, 0.1) is 0 Å². The van der Waals surface area contributed by atoms with Crippen LogP contribution in [0.1, 0.15) is 15.9 Å². The largest absolute Gasteiger partial charge is 0.336 e. The number of carbonyl (C=O) groups is 1. The minimum Gasteiger partial charge on any atom is -0.336 e. The van der Waals surface area contributed by atoms with Crippen molar-refractivity contribution in [1.29, 1.82) is 0 Å². The van der Waals surface area contributed by atoms with E-state index >= 15 is 0 Å². The summed E-state index contributed by atoms with van der Waals surface area (Å²) in [6, 6.07) is 5.01. The van der Waals surface area contributed by atoms with Crippen LogP contribution < -0.4 is 0 Å². The molecule has 1 amide bonds. The van der Waals surface area contributed by atoms with Gasteiger partial charge in [-0.15, -0.1) is 0 Å². The smallest absolute Gasteiger partial charge is 0.254 e. The number of aryl methyl sites for hydroxylation is 1. The van der Waals surface area contributed by atoms with Crippen molar-refractivity contribution in [3.8, 4) is 0 Å². The topological polar surface area (TPSA) is 57.7 Å². The second-order valence-corrected chi connectivity index (χ2v) is 8.24. The van der Waals surface area contributed by atoms with E-state index in [9.17, 15) is 30.8 Å². The minimum atomic E-state index is -4.41. The Balaban J connectivity index is 1.77. The van der Waals surface area contributed by atoms with Crippen LogP contribution in [0.3, 0.4) is 0 Å². The number of halogens is 4. The molecule has 0 radical (unpaired) electrons. The molecule has 5 nitrogen and oxygen atoms in total. The second-order valence-electron chi connectivity index (χ2n) is 6.33. The van der Waals surface area contributed by atoms with Gasteiger partial charge < -0.3 is 4.90 Å². The summed E-state index contributed by atoms with van der Waals surface area (Å²) in [5.41, 5.74) is 0.744. The molecule has 2 aromatic rings. The summed E-state index contributed by atoms with van der Waals surface area (Å²) in [4.78, 5) is 13.0. The fraction of sp³-hybridized carbons (Fsp3) is 0.278. The Bertz CT molecular complexity index is 1040. The summed E-state index contributed by atoms with van der Waals surface area (Å²) in [7, 11) is -4.41. The predicted octanol–water partition coefficient (Wildman–Crippen LogP) is 2.70. The van der Waals surface area contributed by atoms with Crippen LogP contribution in [0.15, 0.2) is 35.2 Å². The molecule has 0 atom stereocenters. The highest BCUT2D eigenvalue weighted by Gasteiger charge is 2.34. The Morgan fingerprint density at radius 3 is 2.21 bits per heavy atom. The van der Waals surface area contributed by atoms with Gasteiger partial charge in [-0.05, 0) is 36.8 Å². The van der Waals surface area contributed by atoms with E-state index in [1.807, 2.05) is 0 Å². The Hall–Kier alpha value is -2.46. The average molecular weight is 416 g/mol. The summed E-state index contributed by atoms with van der Waals surface area (Å²) in [5.74, 6) is -6.15. The fourth-order valence-corrected chi connectivity index (χ4v) is 4.45. The van der Waals surface area contributed by atoms with Crippen LogP contribution in [-0.2, 0) is 10.0 Å². The van der Waals surface area contributed by atoms with Crippen LogP contribution in [0.2, 0.25) is 0 Å². The van der Waals surface area contributed by atoms with Crippen LogP contribution >= 0.6 is 0 Å². The van der Waals surface area contributed by atoms with Gasteiger partial charge in [0.25, 0.3) is 5.91 Å². The molecule has 150 valence electrons. The van der Waals surface area contributed by atoms with Crippen LogP contribution in [0.25, 0.3) is 0 Å². The number of hydrogen-bond acceptors (Lipinski definition) is 3. The van der Waals surface area contributed by atoms with Crippen LogP contribution in [0.4, 0.5) is 17.6 Å². The average Bonchev–Trinajstić information content (AvgIpc) is 2.67. The van der Waals surface area contributed by atoms with Gasteiger partial charge in [-0.2, -0.15) is 4.31 Å². The first-order chi connectivity index (χ1) is 13.1. The van der Waals surface area contributed by atoms with Crippen LogP contribution in [0.5, 0.6) is 0 Å². The van der Waals surface area contributed by atoms with Crippen molar-refractivity contribution in [3.05, 3.63) is 64.7 Å². The van der Waals surface area contributed by atoms with Gasteiger partial charge in [-0.3, -0.25) is 4.79 Å². The molecule has 10 heteroatoms. The summed E-state index contributed by atoms with van der Waals surface area (Å²) in [6.07, 6.45) is 0. The Morgan fingerprint density at radius 1 is 0.929 bits per heavy atom. The first-order valence-electron chi connectivity index (χ1n) is 8.32. The highest BCUT2D eigenvalue weighted by Crippen LogP contribution is 2.24. The molecule has 1 heterocycles. The monoisotopic (exact) mass is 416 g/mol. The molecule has 28 heavy (non-hydrogen) atoms. The van der Waals surface area contributed by atoms with E-state index in [2.05, 4.69) is 0 Å². The van der Waals surface area contributed by atoms with E-state index in [1.165, 1.54) is 17.0 Å². The third-order valence-corrected chi connectivity index (χ3v) is 6.49. The molecule has 0 unspecified atom stereocenters.